The van der Waals surface area contributed by atoms with E-state index in [0.717, 1.165) is 13.0 Å². The first kappa shape index (κ1) is 14.8. The molecule has 22 heavy (non-hydrogen) atoms. The Labute approximate surface area is 133 Å². The maximum absolute atomic E-state index is 12.2. The second-order valence-corrected chi connectivity index (χ2v) is 6.00. The first-order chi connectivity index (χ1) is 10.7. The molecule has 1 aromatic carbocycles. The van der Waals surface area contributed by atoms with Crippen LogP contribution in [0.25, 0.3) is 5.57 Å². The van der Waals surface area contributed by atoms with E-state index in [9.17, 15) is 4.79 Å². The van der Waals surface area contributed by atoms with Gasteiger partial charge in [0.05, 0.1) is 5.75 Å². The molecule has 0 radical (unpaired) electrons. The van der Waals surface area contributed by atoms with Gasteiger partial charge in [0.25, 0.3) is 0 Å². The topological polar surface area (TPSA) is 63.9 Å². The first-order valence-corrected chi connectivity index (χ1v) is 8.10. The average Bonchev–Trinajstić information content (AvgIpc) is 2.99. The number of rotatable bonds is 4. The van der Waals surface area contributed by atoms with Crippen molar-refractivity contribution in [2.45, 2.75) is 11.6 Å². The van der Waals surface area contributed by atoms with Crippen LogP contribution < -0.4 is 0 Å². The molecule has 7 heteroatoms. The lowest BCUT2D eigenvalue weighted by Crippen LogP contribution is -2.35. The fraction of sp³-hybridized carbons (Fsp3) is 0.333. The number of carbonyl (C=O) groups is 1. The lowest BCUT2D eigenvalue weighted by Gasteiger charge is -2.26. The standard InChI is InChI=1S/C15H17N5OS/c1-19-15(16-17-18-19)22-11-14(21)20-9-7-13(8-10-20)12-5-3-2-4-6-12/h2-7H,8-11H2,1H3. The Morgan fingerprint density at radius 1 is 1.32 bits per heavy atom. The van der Waals surface area contributed by atoms with Crippen LogP contribution in [0.3, 0.4) is 0 Å². The van der Waals surface area contributed by atoms with Gasteiger partial charge in [0.15, 0.2) is 0 Å². The van der Waals surface area contributed by atoms with E-state index in [1.54, 1.807) is 11.7 Å². The molecular weight excluding hydrogens is 298 g/mol. The zero-order chi connectivity index (χ0) is 15.4. The van der Waals surface area contributed by atoms with Crippen LogP contribution in [0.5, 0.6) is 0 Å². The number of benzene rings is 1. The summed E-state index contributed by atoms with van der Waals surface area (Å²) < 4.78 is 1.57. The van der Waals surface area contributed by atoms with Gasteiger partial charge in [-0.3, -0.25) is 4.79 Å². The fourth-order valence-corrected chi connectivity index (χ4v) is 3.12. The van der Waals surface area contributed by atoms with Crippen LogP contribution in [0.15, 0.2) is 41.6 Å². The summed E-state index contributed by atoms with van der Waals surface area (Å²) in [4.78, 5) is 14.1. The number of thioether (sulfide) groups is 1. The Balaban J connectivity index is 1.55. The number of hydrogen-bond donors (Lipinski definition) is 0. The number of amides is 1. The molecule has 0 bridgehead atoms. The Kier molecular flexibility index (Phi) is 4.53. The highest BCUT2D eigenvalue weighted by atomic mass is 32.2. The Morgan fingerprint density at radius 3 is 2.77 bits per heavy atom. The monoisotopic (exact) mass is 315 g/mol. The number of hydrogen-bond acceptors (Lipinski definition) is 5. The minimum atomic E-state index is 0.122. The van der Waals surface area contributed by atoms with E-state index in [1.165, 1.54) is 22.9 Å². The van der Waals surface area contributed by atoms with E-state index in [4.69, 9.17) is 0 Å². The predicted octanol–water partition coefficient (Wildman–Crippen LogP) is 1.62. The zero-order valence-electron chi connectivity index (χ0n) is 12.3. The largest absolute Gasteiger partial charge is 0.338 e. The van der Waals surface area contributed by atoms with Crippen LogP contribution in [-0.4, -0.2) is 49.9 Å². The molecule has 1 amide bonds. The zero-order valence-corrected chi connectivity index (χ0v) is 13.2. The molecule has 1 aromatic heterocycles. The average molecular weight is 315 g/mol. The minimum absolute atomic E-state index is 0.122. The van der Waals surface area contributed by atoms with Crippen molar-refractivity contribution in [3.05, 3.63) is 42.0 Å². The molecule has 0 fully saturated rings. The molecule has 1 aliphatic rings. The molecule has 1 aliphatic heterocycles. The summed E-state index contributed by atoms with van der Waals surface area (Å²) in [7, 11) is 1.77. The van der Waals surface area contributed by atoms with Gasteiger partial charge in [0, 0.05) is 20.1 Å². The van der Waals surface area contributed by atoms with E-state index >= 15 is 0 Å². The van der Waals surface area contributed by atoms with Crippen molar-refractivity contribution in [3.63, 3.8) is 0 Å². The normalized spacial score (nSPS) is 14.8. The first-order valence-electron chi connectivity index (χ1n) is 7.11. The van der Waals surface area contributed by atoms with Gasteiger partial charge in [0.2, 0.25) is 11.1 Å². The van der Waals surface area contributed by atoms with Gasteiger partial charge in [-0.05, 0) is 28.0 Å². The Morgan fingerprint density at radius 2 is 2.14 bits per heavy atom. The number of aryl methyl sites for hydroxylation is 1. The van der Waals surface area contributed by atoms with Crippen LogP contribution in [0, 0.1) is 0 Å². The van der Waals surface area contributed by atoms with E-state index in [2.05, 4.69) is 33.7 Å². The molecule has 2 heterocycles. The van der Waals surface area contributed by atoms with Crippen molar-refractivity contribution < 1.29 is 4.79 Å². The van der Waals surface area contributed by atoms with Crippen LogP contribution in [0.1, 0.15) is 12.0 Å². The lowest BCUT2D eigenvalue weighted by molar-refractivity contribution is -0.127. The maximum Gasteiger partial charge on any atom is 0.233 e. The summed E-state index contributed by atoms with van der Waals surface area (Å²) in [6.07, 6.45) is 3.04. The van der Waals surface area contributed by atoms with Crippen molar-refractivity contribution in [3.8, 4) is 0 Å². The summed E-state index contributed by atoms with van der Waals surface area (Å²) in [6, 6.07) is 10.3. The lowest BCUT2D eigenvalue weighted by atomic mass is 10.00. The second kappa shape index (κ2) is 6.74. The minimum Gasteiger partial charge on any atom is -0.338 e. The van der Waals surface area contributed by atoms with Crippen LogP contribution in [0.4, 0.5) is 0 Å². The number of tetrazole rings is 1. The van der Waals surface area contributed by atoms with Crippen LogP contribution >= 0.6 is 11.8 Å². The highest BCUT2D eigenvalue weighted by molar-refractivity contribution is 7.99. The third kappa shape index (κ3) is 3.36. The third-order valence-corrected chi connectivity index (χ3v) is 4.61. The van der Waals surface area contributed by atoms with Crippen molar-refractivity contribution in [2.75, 3.05) is 18.8 Å². The van der Waals surface area contributed by atoms with E-state index < -0.39 is 0 Å². The smallest absolute Gasteiger partial charge is 0.233 e. The second-order valence-electron chi connectivity index (χ2n) is 5.06. The van der Waals surface area contributed by atoms with E-state index in [1.807, 2.05) is 23.1 Å². The molecule has 6 nitrogen and oxygen atoms in total. The van der Waals surface area contributed by atoms with Gasteiger partial charge in [-0.25, -0.2) is 4.68 Å². The summed E-state index contributed by atoms with van der Waals surface area (Å²) in [5, 5.41) is 11.8. The van der Waals surface area contributed by atoms with Crippen molar-refractivity contribution >= 4 is 23.2 Å². The maximum atomic E-state index is 12.2. The third-order valence-electron chi connectivity index (χ3n) is 3.61. The van der Waals surface area contributed by atoms with Gasteiger partial charge in [-0.15, -0.1) is 5.10 Å². The van der Waals surface area contributed by atoms with Gasteiger partial charge < -0.3 is 4.90 Å². The predicted molar refractivity (Wildman–Crippen MR) is 85.1 cm³/mol. The summed E-state index contributed by atoms with van der Waals surface area (Å²) in [6.45, 7) is 1.43. The highest BCUT2D eigenvalue weighted by Crippen LogP contribution is 2.22. The molecule has 0 saturated carbocycles. The Bertz CT molecular complexity index is 682. The molecule has 0 spiro atoms. The fourth-order valence-electron chi connectivity index (χ4n) is 2.37. The molecule has 0 N–H and O–H groups in total. The van der Waals surface area contributed by atoms with Crippen LogP contribution in [-0.2, 0) is 11.8 Å². The van der Waals surface area contributed by atoms with Crippen LogP contribution in [0.2, 0.25) is 0 Å². The molecule has 3 rings (SSSR count). The van der Waals surface area contributed by atoms with E-state index in [0.29, 0.717) is 17.5 Å². The molecule has 0 atom stereocenters. The molecule has 0 aliphatic carbocycles. The SMILES string of the molecule is Cn1nnnc1SCC(=O)N1CC=C(c2ccccc2)CC1. The summed E-state index contributed by atoms with van der Waals surface area (Å²) in [5.74, 6) is 0.485. The van der Waals surface area contributed by atoms with Gasteiger partial charge in [-0.1, -0.05) is 48.2 Å². The highest BCUT2D eigenvalue weighted by Gasteiger charge is 2.18. The Hall–Kier alpha value is -2.15. The summed E-state index contributed by atoms with van der Waals surface area (Å²) in [5.41, 5.74) is 2.56. The van der Waals surface area contributed by atoms with Crippen molar-refractivity contribution in [1.82, 2.24) is 25.1 Å². The number of nitrogens with zero attached hydrogens (tertiary/aromatic N) is 5. The molecule has 0 unspecified atom stereocenters. The number of carbonyl (C=O) groups excluding carboxylic acids is 1. The molecular formula is C15H17N5OS. The van der Waals surface area contributed by atoms with Crippen molar-refractivity contribution in [1.29, 1.82) is 0 Å². The quantitative estimate of drug-likeness (QED) is 0.802. The molecule has 2 aromatic rings. The molecule has 114 valence electrons. The van der Waals surface area contributed by atoms with Gasteiger partial charge in [0.1, 0.15) is 0 Å². The van der Waals surface area contributed by atoms with Gasteiger partial charge in [-0.2, -0.15) is 0 Å². The van der Waals surface area contributed by atoms with Gasteiger partial charge >= 0.3 is 0 Å². The summed E-state index contributed by atoms with van der Waals surface area (Å²) >= 11 is 1.37. The van der Waals surface area contributed by atoms with Crippen molar-refractivity contribution in [2.24, 2.45) is 7.05 Å². The number of aromatic nitrogens is 4. The van der Waals surface area contributed by atoms with E-state index in [-0.39, 0.29) is 5.91 Å². The molecule has 0 saturated heterocycles.